The van der Waals surface area contributed by atoms with Crippen LogP contribution < -0.4 is 9.86 Å². The van der Waals surface area contributed by atoms with E-state index in [0.717, 1.165) is 27.2 Å². The van der Waals surface area contributed by atoms with Gasteiger partial charge in [0.05, 0.1) is 35.1 Å². The lowest BCUT2D eigenvalue weighted by Gasteiger charge is -2.11. The maximum absolute atomic E-state index is 13.2. The molecule has 0 amide bonds. The fourth-order valence-electron chi connectivity index (χ4n) is 3.14. The van der Waals surface area contributed by atoms with Crippen molar-refractivity contribution < 1.29 is 26.9 Å². The number of sulfone groups is 1. The molecule has 1 aromatic carbocycles. The summed E-state index contributed by atoms with van der Waals surface area (Å²) < 4.78 is 47.6. The molecule has 3 heterocycles. The Bertz CT molecular complexity index is 1480. The van der Waals surface area contributed by atoms with E-state index in [9.17, 15) is 17.4 Å². The first-order chi connectivity index (χ1) is 16.1. The fourth-order valence-corrected chi connectivity index (χ4v) is 6.43. The molecular formula is C18H19N7O6S3. The number of aliphatic carboxylic acids is 1. The summed E-state index contributed by atoms with van der Waals surface area (Å²) in [5.41, 5.74) is 2.32. The molecule has 13 nitrogen and oxygen atoms in total. The standard InChI is InChI=1S/C18H19N7O6S3/c1-25-9-11(7-20-25)10-2-3-12-13(6-10)32-18(22-12)16(34(29,30)5-4-15(26)27)17-24-23-14(31-17)8-21-33(19)28/h2-3,6-7,9,16,21H,4-5,8,19H2,1H3,(H,26,27). The summed E-state index contributed by atoms with van der Waals surface area (Å²) in [4.78, 5) is 15.5. The highest BCUT2D eigenvalue weighted by atomic mass is 32.2. The predicted molar refractivity (Wildman–Crippen MR) is 123 cm³/mol. The molecule has 34 heavy (non-hydrogen) atoms. The van der Waals surface area contributed by atoms with Gasteiger partial charge in [0.1, 0.15) is 5.01 Å². The van der Waals surface area contributed by atoms with Gasteiger partial charge in [0, 0.05) is 18.8 Å². The molecule has 0 fully saturated rings. The SMILES string of the molecule is Cn1cc(-c2ccc3nc(C(c4nnc(CNS(N)=O)o4)S(=O)(=O)CCC(=O)O)sc3c2)cn1. The van der Waals surface area contributed by atoms with Gasteiger partial charge in [-0.1, -0.05) is 6.07 Å². The molecule has 0 aliphatic carbocycles. The van der Waals surface area contributed by atoms with Crippen LogP contribution in [0.15, 0.2) is 35.0 Å². The number of fused-ring (bicyclic) bond motifs is 1. The van der Waals surface area contributed by atoms with Crippen molar-refractivity contribution in [3.8, 4) is 11.1 Å². The van der Waals surface area contributed by atoms with Gasteiger partial charge in [0.2, 0.25) is 11.8 Å². The number of nitrogens with two attached hydrogens (primary N) is 1. The van der Waals surface area contributed by atoms with Gasteiger partial charge in [0.15, 0.2) is 26.3 Å². The van der Waals surface area contributed by atoms with Crippen molar-refractivity contribution >= 4 is 48.5 Å². The Morgan fingerprint density at radius 3 is 2.82 bits per heavy atom. The van der Waals surface area contributed by atoms with Crippen LogP contribution in [0.2, 0.25) is 0 Å². The number of aromatic nitrogens is 5. The minimum Gasteiger partial charge on any atom is -0.481 e. The van der Waals surface area contributed by atoms with E-state index in [1.807, 2.05) is 18.3 Å². The largest absolute Gasteiger partial charge is 0.481 e. The monoisotopic (exact) mass is 525 g/mol. The number of carboxylic acid groups (broad SMARTS) is 1. The Hall–Kier alpha value is -3.05. The quantitative estimate of drug-likeness (QED) is 0.265. The van der Waals surface area contributed by atoms with Crippen LogP contribution in [-0.4, -0.2) is 54.4 Å². The van der Waals surface area contributed by atoms with Crippen LogP contribution in [0.1, 0.15) is 28.5 Å². The Labute approximate surface area is 199 Å². The third kappa shape index (κ3) is 5.36. The molecule has 0 radical (unpaired) electrons. The van der Waals surface area contributed by atoms with Gasteiger partial charge in [0.25, 0.3) is 0 Å². The summed E-state index contributed by atoms with van der Waals surface area (Å²) in [5.74, 6) is -2.20. The summed E-state index contributed by atoms with van der Waals surface area (Å²) in [6, 6.07) is 5.48. The van der Waals surface area contributed by atoms with E-state index in [1.165, 1.54) is 0 Å². The maximum Gasteiger partial charge on any atom is 0.304 e. The number of rotatable bonds is 10. The van der Waals surface area contributed by atoms with E-state index in [-0.39, 0.29) is 23.3 Å². The molecular weight excluding hydrogens is 506 g/mol. The van der Waals surface area contributed by atoms with Crippen molar-refractivity contribution in [2.75, 3.05) is 5.75 Å². The average molecular weight is 526 g/mol. The van der Waals surface area contributed by atoms with Crippen LogP contribution in [0, 0.1) is 0 Å². The van der Waals surface area contributed by atoms with Gasteiger partial charge in [-0.05, 0) is 17.7 Å². The van der Waals surface area contributed by atoms with Gasteiger partial charge in [-0.15, -0.1) is 21.5 Å². The average Bonchev–Trinajstić information content (AvgIpc) is 3.50. The third-order valence-electron chi connectivity index (χ3n) is 4.70. The lowest BCUT2D eigenvalue weighted by molar-refractivity contribution is -0.136. The number of nitrogens with one attached hydrogen (secondary N) is 1. The van der Waals surface area contributed by atoms with Gasteiger partial charge in [-0.2, -0.15) is 5.10 Å². The second kappa shape index (κ2) is 9.67. The Morgan fingerprint density at radius 2 is 2.15 bits per heavy atom. The molecule has 2 unspecified atom stereocenters. The van der Waals surface area contributed by atoms with Crippen molar-refractivity contribution in [2.45, 2.75) is 18.2 Å². The van der Waals surface area contributed by atoms with E-state index >= 15 is 0 Å². The molecule has 0 aliphatic rings. The van der Waals surface area contributed by atoms with Crippen LogP contribution >= 0.6 is 11.3 Å². The maximum atomic E-state index is 13.2. The molecule has 0 saturated carbocycles. The highest BCUT2D eigenvalue weighted by molar-refractivity contribution is 7.92. The molecule has 0 saturated heterocycles. The Morgan fingerprint density at radius 1 is 1.35 bits per heavy atom. The molecule has 0 bridgehead atoms. The number of nitrogens with zero attached hydrogens (tertiary/aromatic N) is 5. The molecule has 0 spiro atoms. The predicted octanol–water partition coefficient (Wildman–Crippen LogP) is 0.686. The first kappa shape index (κ1) is 24.1. The summed E-state index contributed by atoms with van der Waals surface area (Å²) in [5, 5.41) is 24.6. The third-order valence-corrected chi connectivity index (χ3v) is 8.28. The molecule has 4 N–H and O–H groups in total. The first-order valence-corrected chi connectivity index (χ1v) is 13.4. The van der Waals surface area contributed by atoms with Gasteiger partial charge >= 0.3 is 5.97 Å². The lowest BCUT2D eigenvalue weighted by atomic mass is 10.1. The van der Waals surface area contributed by atoms with Gasteiger partial charge in [-0.25, -0.2) is 27.5 Å². The molecule has 4 aromatic rings. The highest BCUT2D eigenvalue weighted by Gasteiger charge is 2.37. The molecule has 2 atom stereocenters. The van der Waals surface area contributed by atoms with Gasteiger partial charge in [-0.3, -0.25) is 9.48 Å². The zero-order valence-electron chi connectivity index (χ0n) is 17.6. The minimum atomic E-state index is -4.10. The molecule has 3 aromatic heterocycles. The fraction of sp³-hybridized carbons (Fsp3) is 0.278. The number of hydrogen-bond donors (Lipinski definition) is 3. The van der Waals surface area contributed by atoms with E-state index in [2.05, 4.69) is 25.0 Å². The zero-order valence-corrected chi connectivity index (χ0v) is 20.1. The Kier molecular flexibility index (Phi) is 6.85. The molecule has 180 valence electrons. The number of thiazole rings is 1. The summed E-state index contributed by atoms with van der Waals surface area (Å²) >= 11 is -0.706. The van der Waals surface area contributed by atoms with Crippen molar-refractivity contribution in [3.05, 3.63) is 47.4 Å². The van der Waals surface area contributed by atoms with Crippen LogP contribution in [-0.2, 0) is 39.4 Å². The smallest absolute Gasteiger partial charge is 0.304 e. The van der Waals surface area contributed by atoms with E-state index in [1.54, 1.807) is 24.0 Å². The van der Waals surface area contributed by atoms with Crippen molar-refractivity contribution in [1.29, 1.82) is 0 Å². The van der Waals surface area contributed by atoms with Crippen LogP contribution in [0.25, 0.3) is 21.3 Å². The second-order valence-corrected chi connectivity index (χ2v) is 11.3. The number of aryl methyl sites for hydroxylation is 1. The van der Waals surface area contributed by atoms with E-state index in [0.29, 0.717) is 5.52 Å². The van der Waals surface area contributed by atoms with Crippen LogP contribution in [0.5, 0.6) is 0 Å². The zero-order chi connectivity index (χ0) is 24.5. The van der Waals surface area contributed by atoms with Crippen molar-refractivity contribution in [2.24, 2.45) is 12.2 Å². The number of benzene rings is 1. The highest BCUT2D eigenvalue weighted by Crippen LogP contribution is 2.37. The van der Waals surface area contributed by atoms with E-state index < -0.39 is 44.4 Å². The number of carbonyl (C=O) groups is 1. The number of carboxylic acids is 1. The number of hydrogen-bond acceptors (Lipinski definition) is 10. The molecule has 0 aliphatic heterocycles. The van der Waals surface area contributed by atoms with Crippen molar-refractivity contribution in [3.63, 3.8) is 0 Å². The first-order valence-electron chi connectivity index (χ1n) is 9.67. The van der Waals surface area contributed by atoms with Crippen LogP contribution in [0.4, 0.5) is 0 Å². The van der Waals surface area contributed by atoms with Crippen molar-refractivity contribution in [1.82, 2.24) is 29.7 Å². The minimum absolute atomic E-state index is 0.0350. The topological polar surface area (TPSA) is 196 Å². The molecule has 16 heteroatoms. The lowest BCUT2D eigenvalue weighted by Crippen LogP contribution is -2.23. The second-order valence-electron chi connectivity index (χ2n) is 7.18. The summed E-state index contributed by atoms with van der Waals surface area (Å²) in [6.45, 7) is -0.147. The Balaban J connectivity index is 1.75. The summed E-state index contributed by atoms with van der Waals surface area (Å²) in [7, 11) is -2.29. The normalized spacial score (nSPS) is 13.8. The van der Waals surface area contributed by atoms with E-state index in [4.69, 9.17) is 14.7 Å². The summed E-state index contributed by atoms with van der Waals surface area (Å²) in [6.07, 6.45) is 2.97. The molecule has 4 rings (SSSR count). The van der Waals surface area contributed by atoms with Crippen LogP contribution in [0.3, 0.4) is 0 Å². The van der Waals surface area contributed by atoms with Gasteiger partial charge < -0.3 is 9.52 Å².